The number of aliphatic carboxylic acids is 1. The molecule has 7 heteroatoms. The maximum absolute atomic E-state index is 13.3. The minimum absolute atomic E-state index is 0.0664. The highest BCUT2D eigenvalue weighted by molar-refractivity contribution is 9.10. The van der Waals surface area contributed by atoms with Gasteiger partial charge in [0.15, 0.2) is 0 Å². The fourth-order valence-electron chi connectivity index (χ4n) is 1.08. The van der Waals surface area contributed by atoms with Crippen molar-refractivity contribution in [2.24, 2.45) is 0 Å². The van der Waals surface area contributed by atoms with E-state index in [2.05, 4.69) is 15.9 Å². The Labute approximate surface area is 91.8 Å². The molecule has 0 heterocycles. The van der Waals surface area contributed by atoms with Gasteiger partial charge in [-0.05, 0) is 22.0 Å². The maximum atomic E-state index is 13.3. The Morgan fingerprint density at radius 3 is 2.67 bits per heavy atom. The van der Waals surface area contributed by atoms with Gasteiger partial charge in [0.05, 0.1) is 15.8 Å². The molecule has 0 aromatic heterocycles. The van der Waals surface area contributed by atoms with Crippen molar-refractivity contribution in [3.8, 4) is 0 Å². The molecule has 1 N–H and O–H groups in total. The van der Waals surface area contributed by atoms with Gasteiger partial charge in [-0.15, -0.1) is 0 Å². The molecule has 1 rings (SSSR count). The van der Waals surface area contributed by atoms with Crippen molar-refractivity contribution in [3.05, 3.63) is 38.1 Å². The molecule has 15 heavy (non-hydrogen) atoms. The van der Waals surface area contributed by atoms with Crippen LogP contribution in [0.5, 0.6) is 0 Å². The van der Waals surface area contributed by atoms with Gasteiger partial charge >= 0.3 is 11.7 Å². The monoisotopic (exact) mass is 277 g/mol. The van der Waals surface area contributed by atoms with Crippen molar-refractivity contribution in [3.63, 3.8) is 0 Å². The highest BCUT2D eigenvalue weighted by Gasteiger charge is 2.23. The van der Waals surface area contributed by atoms with E-state index in [0.29, 0.717) is 0 Å². The first-order valence-electron chi connectivity index (χ1n) is 3.76. The van der Waals surface area contributed by atoms with Gasteiger partial charge in [0, 0.05) is 5.56 Å². The van der Waals surface area contributed by atoms with Gasteiger partial charge in [0.2, 0.25) is 5.82 Å². The second kappa shape index (κ2) is 4.35. The van der Waals surface area contributed by atoms with Gasteiger partial charge in [-0.25, -0.2) is 0 Å². The van der Waals surface area contributed by atoms with E-state index in [9.17, 15) is 19.3 Å². The van der Waals surface area contributed by atoms with E-state index in [1.54, 1.807) is 0 Å². The topological polar surface area (TPSA) is 80.4 Å². The predicted octanol–water partition coefficient (Wildman–Crippen LogP) is 2.12. The average molecular weight is 278 g/mol. The Hall–Kier alpha value is -1.50. The van der Waals surface area contributed by atoms with Crippen LogP contribution >= 0.6 is 15.9 Å². The van der Waals surface area contributed by atoms with E-state index in [4.69, 9.17) is 5.11 Å². The van der Waals surface area contributed by atoms with Crippen LogP contribution in [0.4, 0.5) is 10.1 Å². The van der Waals surface area contributed by atoms with Crippen LogP contribution in [0.25, 0.3) is 0 Å². The predicted molar refractivity (Wildman–Crippen MR) is 52.1 cm³/mol. The summed E-state index contributed by atoms with van der Waals surface area (Å²) in [5.74, 6) is -2.31. The Bertz CT molecular complexity index is 435. The number of carboxylic acid groups (broad SMARTS) is 1. The Kier molecular flexibility index (Phi) is 3.35. The van der Waals surface area contributed by atoms with E-state index in [0.717, 1.165) is 0 Å². The van der Waals surface area contributed by atoms with Crippen LogP contribution in [0.2, 0.25) is 0 Å². The maximum Gasteiger partial charge on any atom is 0.309 e. The molecule has 5 nitrogen and oxygen atoms in total. The molecule has 0 unspecified atom stereocenters. The van der Waals surface area contributed by atoms with Crippen LogP contribution in [0.3, 0.4) is 0 Å². The molecular weight excluding hydrogens is 273 g/mol. The molecule has 0 aliphatic heterocycles. The molecule has 0 amide bonds. The molecular formula is C8H5BrFNO4. The van der Waals surface area contributed by atoms with E-state index >= 15 is 0 Å². The summed E-state index contributed by atoms with van der Waals surface area (Å²) in [5, 5.41) is 19.0. The lowest BCUT2D eigenvalue weighted by Gasteiger charge is -2.02. The van der Waals surface area contributed by atoms with Crippen LogP contribution in [0.1, 0.15) is 5.56 Å². The fraction of sp³-hybridized carbons (Fsp3) is 0.125. The summed E-state index contributed by atoms with van der Waals surface area (Å²) in [4.78, 5) is 20.0. The second-order valence-electron chi connectivity index (χ2n) is 2.70. The number of carboxylic acids is 1. The Balaban J connectivity index is 3.33. The van der Waals surface area contributed by atoms with Crippen LogP contribution in [0, 0.1) is 15.9 Å². The highest BCUT2D eigenvalue weighted by atomic mass is 79.9. The standard InChI is InChI=1S/C8H5BrFNO4/c9-5-2-1-4(3-6(12)13)8(7(5)10)11(14)15/h1-2H,3H2,(H,12,13). The lowest BCUT2D eigenvalue weighted by molar-refractivity contribution is -0.388. The summed E-state index contributed by atoms with van der Waals surface area (Å²) in [6.45, 7) is 0. The van der Waals surface area contributed by atoms with E-state index in [-0.39, 0.29) is 10.0 Å². The summed E-state index contributed by atoms with van der Waals surface area (Å²) < 4.78 is 13.2. The number of nitro benzene ring substituents is 1. The van der Waals surface area contributed by atoms with Crippen LogP contribution in [-0.2, 0) is 11.2 Å². The van der Waals surface area contributed by atoms with Gasteiger partial charge < -0.3 is 5.11 Å². The highest BCUT2D eigenvalue weighted by Crippen LogP contribution is 2.29. The van der Waals surface area contributed by atoms with Gasteiger partial charge in [-0.3, -0.25) is 14.9 Å². The molecule has 0 saturated carbocycles. The first-order chi connectivity index (χ1) is 6.93. The summed E-state index contributed by atoms with van der Waals surface area (Å²) in [6, 6.07) is 2.44. The summed E-state index contributed by atoms with van der Waals surface area (Å²) in [6.07, 6.45) is -0.583. The molecule has 0 aliphatic rings. The molecule has 0 atom stereocenters. The van der Waals surface area contributed by atoms with E-state index in [1.165, 1.54) is 12.1 Å². The number of halogens is 2. The zero-order chi connectivity index (χ0) is 11.6. The van der Waals surface area contributed by atoms with Crippen molar-refractivity contribution >= 4 is 27.6 Å². The molecule has 0 saturated heterocycles. The summed E-state index contributed by atoms with van der Waals surface area (Å²) in [7, 11) is 0. The average Bonchev–Trinajstić information content (AvgIpc) is 2.10. The third-order valence-electron chi connectivity index (χ3n) is 1.68. The van der Waals surface area contributed by atoms with E-state index < -0.39 is 28.8 Å². The summed E-state index contributed by atoms with van der Waals surface area (Å²) in [5.41, 5.74) is -0.958. The zero-order valence-corrected chi connectivity index (χ0v) is 8.82. The van der Waals surface area contributed by atoms with Crippen molar-refractivity contribution in [1.29, 1.82) is 0 Å². The quantitative estimate of drug-likeness (QED) is 0.678. The van der Waals surface area contributed by atoms with Gasteiger partial charge in [-0.2, -0.15) is 4.39 Å². The van der Waals surface area contributed by atoms with Crippen LogP contribution in [0.15, 0.2) is 16.6 Å². The third-order valence-corrected chi connectivity index (χ3v) is 2.29. The minimum atomic E-state index is -1.25. The minimum Gasteiger partial charge on any atom is -0.481 e. The smallest absolute Gasteiger partial charge is 0.309 e. The van der Waals surface area contributed by atoms with Gasteiger partial charge in [0.25, 0.3) is 0 Å². The number of carbonyl (C=O) groups is 1. The molecule has 0 bridgehead atoms. The largest absolute Gasteiger partial charge is 0.481 e. The van der Waals surface area contributed by atoms with Crippen molar-refractivity contribution in [2.45, 2.75) is 6.42 Å². The SMILES string of the molecule is O=C(O)Cc1ccc(Br)c(F)c1[N+](=O)[O-]. The van der Waals surface area contributed by atoms with Gasteiger partial charge in [0.1, 0.15) is 0 Å². The Morgan fingerprint density at radius 1 is 1.60 bits per heavy atom. The molecule has 0 fully saturated rings. The Morgan fingerprint density at radius 2 is 2.20 bits per heavy atom. The van der Waals surface area contributed by atoms with Crippen molar-refractivity contribution < 1.29 is 19.2 Å². The summed E-state index contributed by atoms with van der Waals surface area (Å²) >= 11 is 2.79. The first-order valence-corrected chi connectivity index (χ1v) is 4.56. The third kappa shape index (κ3) is 2.50. The number of rotatable bonds is 3. The lowest BCUT2D eigenvalue weighted by atomic mass is 10.1. The number of benzene rings is 1. The van der Waals surface area contributed by atoms with Crippen molar-refractivity contribution in [1.82, 2.24) is 0 Å². The van der Waals surface area contributed by atoms with Gasteiger partial charge in [-0.1, -0.05) is 6.07 Å². The number of nitrogens with zero attached hydrogens (tertiary/aromatic N) is 1. The van der Waals surface area contributed by atoms with Crippen LogP contribution < -0.4 is 0 Å². The normalized spacial score (nSPS) is 10.0. The number of hydrogen-bond acceptors (Lipinski definition) is 3. The van der Waals surface area contributed by atoms with Crippen molar-refractivity contribution in [2.75, 3.05) is 0 Å². The number of hydrogen-bond donors (Lipinski definition) is 1. The fourth-order valence-corrected chi connectivity index (χ4v) is 1.40. The molecule has 1 aromatic carbocycles. The number of nitro groups is 1. The molecule has 0 aliphatic carbocycles. The molecule has 0 spiro atoms. The first kappa shape index (κ1) is 11.6. The van der Waals surface area contributed by atoms with E-state index in [1.807, 2.05) is 0 Å². The van der Waals surface area contributed by atoms with Crippen LogP contribution in [-0.4, -0.2) is 16.0 Å². The molecule has 80 valence electrons. The second-order valence-corrected chi connectivity index (χ2v) is 3.55. The zero-order valence-electron chi connectivity index (χ0n) is 7.24. The molecule has 1 aromatic rings. The molecule has 0 radical (unpaired) electrons. The lowest BCUT2D eigenvalue weighted by Crippen LogP contribution is -2.05.